The Morgan fingerprint density at radius 1 is 1.58 bits per heavy atom. The number of quaternary nitrogens is 1. The maximum absolute atomic E-state index is 10.3. The third-order valence-electron chi connectivity index (χ3n) is 2.37. The molecule has 2 atom stereocenters. The zero-order valence-electron chi connectivity index (χ0n) is 8.11. The van der Waals surface area contributed by atoms with Crippen molar-refractivity contribution in [3.05, 3.63) is 11.6 Å². The second-order valence-electron chi connectivity index (χ2n) is 3.30. The first-order valence-corrected chi connectivity index (χ1v) is 5.18. The molecule has 0 aromatic rings. The average molecular weight is 191 g/mol. The predicted molar refractivity (Wildman–Crippen MR) is 49.9 cm³/mol. The Balaban J connectivity index is 4.44. The number of hydrogen-bond acceptors (Lipinski definition) is 2. The minimum absolute atomic E-state index is 0.398. The fourth-order valence-corrected chi connectivity index (χ4v) is 1.21. The zero-order valence-corrected chi connectivity index (χ0v) is 8.93. The van der Waals surface area contributed by atoms with Crippen LogP contribution in [0.2, 0.25) is 0 Å². The fourth-order valence-electron chi connectivity index (χ4n) is 0.831. The molecule has 0 aromatic carbocycles. The van der Waals surface area contributed by atoms with E-state index in [-0.39, 0.29) is 0 Å². The van der Waals surface area contributed by atoms with Crippen molar-refractivity contribution in [3.63, 3.8) is 0 Å². The van der Waals surface area contributed by atoms with Crippen LogP contribution >= 0.6 is 0 Å². The van der Waals surface area contributed by atoms with Crippen LogP contribution in [-0.4, -0.2) is 32.9 Å². The van der Waals surface area contributed by atoms with Crippen molar-refractivity contribution in [3.8, 4) is 0 Å². The van der Waals surface area contributed by atoms with E-state index < -0.39 is 11.1 Å². The van der Waals surface area contributed by atoms with E-state index in [0.717, 1.165) is 6.54 Å². The van der Waals surface area contributed by atoms with Gasteiger partial charge < -0.3 is 4.55 Å². The van der Waals surface area contributed by atoms with Crippen molar-refractivity contribution in [1.82, 2.24) is 0 Å². The second kappa shape index (κ2) is 4.74. The first-order valence-electron chi connectivity index (χ1n) is 4.04. The van der Waals surface area contributed by atoms with E-state index in [4.69, 9.17) is 0 Å². The molecule has 0 saturated carbocycles. The lowest BCUT2D eigenvalue weighted by atomic mass is 10.3. The van der Waals surface area contributed by atoms with Gasteiger partial charge in [-0.05, 0) is 31.9 Å². The van der Waals surface area contributed by atoms with Crippen LogP contribution in [0.5, 0.6) is 0 Å². The fraction of sp³-hybridized carbons (Fsp3) is 0.750. The summed E-state index contributed by atoms with van der Waals surface area (Å²) in [6.45, 7) is 7.08. The van der Waals surface area contributed by atoms with E-state index in [2.05, 4.69) is 13.8 Å². The Hall–Kier alpha value is -0.190. The van der Waals surface area contributed by atoms with E-state index in [1.54, 1.807) is 6.20 Å². The number of rotatable bonds is 4. The van der Waals surface area contributed by atoms with E-state index in [0.29, 0.717) is 10.5 Å². The lowest BCUT2D eigenvalue weighted by molar-refractivity contribution is -0.879. The van der Waals surface area contributed by atoms with Crippen LogP contribution in [0.3, 0.4) is 0 Å². The van der Waals surface area contributed by atoms with Gasteiger partial charge in [0.2, 0.25) is 0 Å². The Morgan fingerprint density at radius 3 is 2.33 bits per heavy atom. The molecular weight excluding hydrogens is 174 g/mol. The largest absolute Gasteiger partial charge is 0.769 e. The summed E-state index contributed by atoms with van der Waals surface area (Å²) in [6, 6.07) is 0.398. The van der Waals surface area contributed by atoms with Gasteiger partial charge in [0.25, 0.3) is 0 Å². The van der Waals surface area contributed by atoms with E-state index in [1.165, 1.54) is 5.41 Å². The van der Waals surface area contributed by atoms with Crippen molar-refractivity contribution in [2.24, 2.45) is 0 Å². The van der Waals surface area contributed by atoms with E-state index in [9.17, 15) is 8.76 Å². The van der Waals surface area contributed by atoms with Gasteiger partial charge in [-0.15, -0.1) is 0 Å². The number of nitrogens with zero attached hydrogens (tertiary/aromatic N) is 1. The molecule has 0 saturated heterocycles. The smallest absolute Gasteiger partial charge is 0.104 e. The van der Waals surface area contributed by atoms with Gasteiger partial charge in [-0.2, -0.15) is 0 Å². The van der Waals surface area contributed by atoms with Gasteiger partial charge in [0.1, 0.15) is 6.20 Å². The molecule has 0 heterocycles. The molecule has 0 N–H and O–H groups in total. The molecule has 0 bridgehead atoms. The predicted octanol–water partition coefficient (Wildman–Crippen LogP) is 1.21. The van der Waals surface area contributed by atoms with Gasteiger partial charge in [0.05, 0.1) is 19.6 Å². The van der Waals surface area contributed by atoms with Crippen LogP contribution in [0.25, 0.3) is 0 Å². The molecule has 0 aliphatic heterocycles. The standard InChI is InChI=1S/C8H17NO2S/c1-5-9(4,8(2)3)6-7-12(10)11/h6-8H,5H2,1-4H3. The van der Waals surface area contributed by atoms with Gasteiger partial charge in [0.15, 0.2) is 0 Å². The molecule has 3 nitrogen and oxygen atoms in total. The summed E-state index contributed by atoms with van der Waals surface area (Å²) >= 11 is -2.08. The van der Waals surface area contributed by atoms with Gasteiger partial charge in [-0.25, -0.2) is 0 Å². The summed E-state index contributed by atoms with van der Waals surface area (Å²) in [4.78, 5) is 0. The molecule has 0 aromatic heterocycles. The first-order chi connectivity index (χ1) is 5.42. The minimum Gasteiger partial charge on any atom is -0.769 e. The summed E-state index contributed by atoms with van der Waals surface area (Å²) in [6.07, 6.45) is 1.72. The third kappa shape index (κ3) is 3.47. The Labute approximate surface area is 77.0 Å². The van der Waals surface area contributed by atoms with Crippen molar-refractivity contribution >= 4 is 11.1 Å². The maximum Gasteiger partial charge on any atom is 0.104 e. The van der Waals surface area contributed by atoms with E-state index >= 15 is 0 Å². The summed E-state index contributed by atoms with van der Waals surface area (Å²) < 4.78 is 21.2. The summed E-state index contributed by atoms with van der Waals surface area (Å²) in [5, 5.41) is 1.21. The molecule has 0 radical (unpaired) electrons. The van der Waals surface area contributed by atoms with Crippen LogP contribution < -0.4 is 0 Å². The van der Waals surface area contributed by atoms with Crippen LogP contribution in [0.1, 0.15) is 20.8 Å². The molecule has 4 heteroatoms. The monoisotopic (exact) mass is 191 g/mol. The van der Waals surface area contributed by atoms with Crippen molar-refractivity contribution < 1.29 is 13.2 Å². The Kier molecular flexibility index (Phi) is 4.67. The quantitative estimate of drug-likeness (QED) is 0.495. The molecular formula is C8H17NO2S. The first kappa shape index (κ1) is 11.8. The van der Waals surface area contributed by atoms with Gasteiger partial charge in [-0.3, -0.25) is 8.69 Å². The molecule has 12 heavy (non-hydrogen) atoms. The van der Waals surface area contributed by atoms with Crippen molar-refractivity contribution in [1.29, 1.82) is 0 Å². The molecule has 0 spiro atoms. The average Bonchev–Trinajstić information content (AvgIpc) is 1.99. The summed E-state index contributed by atoms with van der Waals surface area (Å²) in [5.41, 5.74) is 0. The zero-order chi connectivity index (χ0) is 9.78. The highest BCUT2D eigenvalue weighted by Gasteiger charge is 2.19. The van der Waals surface area contributed by atoms with Gasteiger partial charge in [-0.1, -0.05) is 0 Å². The Bertz CT molecular complexity index is 191. The highest BCUT2D eigenvalue weighted by Crippen LogP contribution is 2.10. The number of hydrogen-bond donors (Lipinski definition) is 0. The molecule has 2 unspecified atom stereocenters. The van der Waals surface area contributed by atoms with Crippen LogP contribution in [-0.2, 0) is 11.1 Å². The topological polar surface area (TPSA) is 40.1 Å². The SMILES string of the molecule is CC[N+](C)(C=CS(=O)[O-])C(C)C. The molecule has 0 rings (SSSR count). The van der Waals surface area contributed by atoms with E-state index in [1.807, 2.05) is 14.0 Å². The highest BCUT2D eigenvalue weighted by atomic mass is 32.2. The third-order valence-corrected chi connectivity index (χ3v) is 2.72. The Morgan fingerprint density at radius 2 is 2.08 bits per heavy atom. The van der Waals surface area contributed by atoms with Gasteiger partial charge in [0, 0.05) is 5.41 Å². The second-order valence-corrected chi connectivity index (χ2v) is 4.10. The van der Waals surface area contributed by atoms with Crippen molar-refractivity contribution in [2.75, 3.05) is 13.6 Å². The normalized spacial score (nSPS) is 19.8. The minimum atomic E-state index is -2.08. The molecule has 0 amide bonds. The van der Waals surface area contributed by atoms with Crippen LogP contribution in [0.4, 0.5) is 0 Å². The highest BCUT2D eigenvalue weighted by molar-refractivity contribution is 7.82. The van der Waals surface area contributed by atoms with Gasteiger partial charge >= 0.3 is 0 Å². The molecule has 72 valence electrons. The van der Waals surface area contributed by atoms with Crippen molar-refractivity contribution in [2.45, 2.75) is 26.8 Å². The maximum atomic E-state index is 10.3. The lowest BCUT2D eigenvalue weighted by Crippen LogP contribution is -2.44. The molecule has 0 aliphatic rings. The summed E-state index contributed by atoms with van der Waals surface area (Å²) in [7, 11) is 2.01. The molecule has 0 aliphatic carbocycles. The molecule has 0 fully saturated rings. The van der Waals surface area contributed by atoms with Crippen LogP contribution in [0, 0.1) is 0 Å². The summed E-state index contributed by atoms with van der Waals surface area (Å²) in [5.74, 6) is 0. The van der Waals surface area contributed by atoms with Crippen LogP contribution in [0.15, 0.2) is 11.6 Å². The lowest BCUT2D eigenvalue weighted by Gasteiger charge is -2.33.